The molecule has 1 saturated heterocycles. The Morgan fingerprint density at radius 2 is 1.86 bits per heavy atom. The summed E-state index contributed by atoms with van der Waals surface area (Å²) in [6, 6.07) is 12.7. The fourth-order valence-electron chi connectivity index (χ4n) is 9.86. The molecule has 7 aromatic rings. The van der Waals surface area contributed by atoms with E-state index in [1.807, 2.05) is 31.2 Å². The second-order valence-electron chi connectivity index (χ2n) is 18.8. The van der Waals surface area contributed by atoms with Crippen LogP contribution < -0.4 is 25.8 Å². The van der Waals surface area contributed by atoms with Gasteiger partial charge in [-0.1, -0.05) is 24.3 Å². The number of H-pyrrole nitrogens is 1. The standard InChI is InChI=1S/C51H50F2N10O8S2/c1-28-45(72-27-57-28)29-10-12-32(13-11-29)51(2)50(67)58-46(59-51)39-9-8-15-62(39)42(64)20-34-19-41(60-71-34)70-16-7-5-6-14-54-48(65)35-21-40-36(17-30(35)26-73(4,68)69)37-25-61(3)49(66)44-43(37)31(22-55-44)24-63(40)47-38(53)18-33(52)23-56-47/h10-13,17-19,21-23,25,27,39,55H,5-9,14-16,20,24,26H2,1-4H3,(H,54,65)(H,58,59,67)/t39-,51+/m0/s1. The SMILES string of the molecule is Cc1ncsc1-c1ccc([C@@]2(C)N=C([C@@H]3CCCN3C(=O)Cc3cc(OCCCCCNC(=O)c4cc5c(cc4CS(C)(=O)=O)-c4cn(C)c(=O)c6[nH]cc(c46)CN5c4ncc(F)cc4F)no3)NC2=O)cc1. The second-order valence-corrected chi connectivity index (χ2v) is 21.7. The van der Waals surface area contributed by atoms with Crippen LogP contribution in [0.4, 0.5) is 20.3 Å². The van der Waals surface area contributed by atoms with Crippen molar-refractivity contribution in [3.8, 4) is 27.4 Å². The van der Waals surface area contributed by atoms with Gasteiger partial charge in [-0.15, -0.1) is 11.3 Å². The minimum absolute atomic E-state index is 0.0189. The summed E-state index contributed by atoms with van der Waals surface area (Å²) in [6.45, 7) is 4.70. The van der Waals surface area contributed by atoms with Crippen molar-refractivity contribution in [3.63, 3.8) is 0 Å². The van der Waals surface area contributed by atoms with Gasteiger partial charge in [-0.25, -0.2) is 32.2 Å². The van der Waals surface area contributed by atoms with E-state index in [0.29, 0.717) is 77.7 Å². The number of anilines is 2. The van der Waals surface area contributed by atoms with Gasteiger partial charge in [0.1, 0.15) is 22.9 Å². The van der Waals surface area contributed by atoms with Crippen LogP contribution in [0.2, 0.25) is 0 Å². The highest BCUT2D eigenvalue weighted by Crippen LogP contribution is 2.45. The van der Waals surface area contributed by atoms with Crippen LogP contribution in [-0.2, 0) is 50.7 Å². The highest BCUT2D eigenvalue weighted by molar-refractivity contribution is 7.89. The fraction of sp³-hybridized carbons (Fsp3) is 0.333. The number of aromatic nitrogens is 5. The zero-order chi connectivity index (χ0) is 51.3. The van der Waals surface area contributed by atoms with Gasteiger partial charge in [-0.05, 0) is 85.5 Å². The zero-order valence-corrected chi connectivity index (χ0v) is 41.9. The molecule has 3 amide bonds. The van der Waals surface area contributed by atoms with Gasteiger partial charge in [0.25, 0.3) is 23.3 Å². The van der Waals surface area contributed by atoms with Gasteiger partial charge in [0, 0.05) is 73.0 Å². The van der Waals surface area contributed by atoms with Crippen molar-refractivity contribution >= 4 is 67.1 Å². The van der Waals surface area contributed by atoms with E-state index in [1.54, 1.807) is 60.2 Å². The van der Waals surface area contributed by atoms with Crippen molar-refractivity contribution in [3.05, 3.63) is 128 Å². The number of fused-ring (bicyclic) bond motifs is 2. The van der Waals surface area contributed by atoms with Crippen molar-refractivity contribution in [1.29, 1.82) is 0 Å². The van der Waals surface area contributed by atoms with E-state index in [2.05, 4.69) is 30.7 Å². The molecule has 378 valence electrons. The molecule has 22 heteroatoms. The molecule has 0 radical (unpaired) electrons. The van der Waals surface area contributed by atoms with Crippen LogP contribution in [0.1, 0.15) is 77.5 Å². The molecule has 0 bridgehead atoms. The summed E-state index contributed by atoms with van der Waals surface area (Å²) in [4.78, 5) is 74.8. The number of amides is 3. The summed E-state index contributed by atoms with van der Waals surface area (Å²) < 4.78 is 67.9. The molecule has 2 aromatic carbocycles. The van der Waals surface area contributed by atoms with E-state index in [-0.39, 0.29) is 71.8 Å². The topological polar surface area (TPSA) is 227 Å². The predicted octanol–water partition coefficient (Wildman–Crippen LogP) is 6.78. The third-order valence-corrected chi connectivity index (χ3v) is 15.3. The van der Waals surface area contributed by atoms with Crippen LogP contribution in [0.5, 0.6) is 5.88 Å². The summed E-state index contributed by atoms with van der Waals surface area (Å²) >= 11 is 1.56. The summed E-state index contributed by atoms with van der Waals surface area (Å²) in [5.74, 6) is -2.59. The average Bonchev–Trinajstić information content (AvgIpc) is 4.21. The van der Waals surface area contributed by atoms with Gasteiger partial charge in [-0.3, -0.25) is 19.2 Å². The Hall–Kier alpha value is -7.59. The molecule has 2 atom stereocenters. The number of benzene rings is 2. The Bertz CT molecular complexity index is 3550. The number of carbonyl (C=O) groups excluding carboxylic acids is 3. The highest BCUT2D eigenvalue weighted by atomic mass is 32.2. The van der Waals surface area contributed by atoms with Gasteiger partial charge in [-0.2, -0.15) is 0 Å². The molecular formula is C51H50F2N10O8S2. The van der Waals surface area contributed by atoms with Crippen LogP contribution in [-0.4, -0.2) is 93.5 Å². The van der Waals surface area contributed by atoms with Gasteiger partial charge in [0.2, 0.25) is 5.91 Å². The number of hydrogen-bond donors (Lipinski definition) is 3. The summed E-state index contributed by atoms with van der Waals surface area (Å²) in [5, 5.41) is 10.4. The third-order valence-electron chi connectivity index (χ3n) is 13.5. The monoisotopic (exact) mass is 1030 g/mol. The molecule has 0 aliphatic carbocycles. The molecule has 3 aliphatic heterocycles. The number of carbonyl (C=O) groups is 3. The smallest absolute Gasteiger partial charge is 0.274 e. The molecular weight excluding hydrogens is 983 g/mol. The van der Waals surface area contributed by atoms with Gasteiger partial charge in [0.05, 0.1) is 59.3 Å². The number of likely N-dealkylation sites (tertiary alicyclic amines) is 1. The number of halogens is 2. The number of rotatable bonds is 16. The predicted molar refractivity (Wildman–Crippen MR) is 269 cm³/mol. The first-order valence-corrected chi connectivity index (χ1v) is 26.6. The van der Waals surface area contributed by atoms with Crippen LogP contribution in [0.25, 0.3) is 32.5 Å². The number of unbranched alkanes of at least 4 members (excludes halogenated alkanes) is 2. The average molecular weight is 1030 g/mol. The number of pyridine rings is 2. The van der Waals surface area contributed by atoms with Crippen LogP contribution in [0, 0.1) is 18.6 Å². The molecule has 73 heavy (non-hydrogen) atoms. The van der Waals surface area contributed by atoms with Gasteiger partial charge >= 0.3 is 0 Å². The first-order chi connectivity index (χ1) is 35.0. The molecule has 18 nitrogen and oxygen atoms in total. The van der Waals surface area contributed by atoms with Crippen LogP contribution in [0.15, 0.2) is 86.9 Å². The number of nitrogens with zero attached hydrogens (tertiary/aromatic N) is 7. The minimum Gasteiger partial charge on any atom is -0.476 e. The Morgan fingerprint density at radius 3 is 2.62 bits per heavy atom. The third kappa shape index (κ3) is 9.63. The Morgan fingerprint density at radius 1 is 1.05 bits per heavy atom. The highest BCUT2D eigenvalue weighted by Gasteiger charge is 2.45. The number of aliphatic imine (C=N–C) groups is 1. The molecule has 1 fully saturated rings. The van der Waals surface area contributed by atoms with Crippen molar-refractivity contribution in [2.45, 2.75) is 76.3 Å². The van der Waals surface area contributed by atoms with E-state index in [4.69, 9.17) is 14.3 Å². The molecule has 0 spiro atoms. The summed E-state index contributed by atoms with van der Waals surface area (Å²) in [7, 11) is -2.11. The lowest BCUT2D eigenvalue weighted by molar-refractivity contribution is -0.130. The van der Waals surface area contributed by atoms with Gasteiger partial charge in [0.15, 0.2) is 27.0 Å². The normalized spacial score (nSPS) is 17.4. The number of hydrogen-bond acceptors (Lipinski definition) is 14. The van der Waals surface area contributed by atoms with Gasteiger partial charge < -0.3 is 39.2 Å². The quantitative estimate of drug-likeness (QED) is 0.0852. The molecule has 0 saturated carbocycles. The number of amidine groups is 1. The maximum Gasteiger partial charge on any atom is 0.274 e. The Balaban J connectivity index is 0.751. The second kappa shape index (κ2) is 19.4. The van der Waals surface area contributed by atoms with E-state index in [9.17, 15) is 32.0 Å². The largest absolute Gasteiger partial charge is 0.476 e. The lowest BCUT2D eigenvalue weighted by Gasteiger charge is -2.26. The molecule has 8 heterocycles. The van der Waals surface area contributed by atoms with Crippen LogP contribution in [0.3, 0.4) is 0 Å². The minimum atomic E-state index is -3.69. The van der Waals surface area contributed by atoms with Crippen molar-refractivity contribution < 1.29 is 40.8 Å². The number of aromatic amines is 1. The molecule has 3 aliphatic rings. The number of nitrogens with one attached hydrogen (secondary N) is 3. The van der Waals surface area contributed by atoms with E-state index in [0.717, 1.165) is 40.6 Å². The van der Waals surface area contributed by atoms with E-state index in [1.165, 1.54) is 15.5 Å². The lowest BCUT2D eigenvalue weighted by Crippen LogP contribution is -2.46. The summed E-state index contributed by atoms with van der Waals surface area (Å²) in [5.41, 5.74) is 5.42. The molecule has 5 aromatic heterocycles. The van der Waals surface area contributed by atoms with Crippen molar-refractivity contribution in [2.75, 3.05) is 30.9 Å². The molecule has 3 N–H and O–H groups in total. The lowest BCUT2D eigenvalue weighted by atomic mass is 9.91. The van der Waals surface area contributed by atoms with Crippen molar-refractivity contribution in [2.24, 2.45) is 12.0 Å². The van der Waals surface area contributed by atoms with Crippen molar-refractivity contribution in [1.82, 2.24) is 40.2 Å². The Kier molecular flexibility index (Phi) is 13.1. The number of aryl methyl sites for hydroxylation is 2. The first kappa shape index (κ1) is 49.0. The van der Waals surface area contributed by atoms with E-state index < -0.39 is 44.7 Å². The number of sulfone groups is 1. The summed E-state index contributed by atoms with van der Waals surface area (Å²) in [6.07, 6.45) is 8.23. The number of thiazole rings is 1. The molecule has 10 rings (SSSR count). The Labute approximate surface area is 421 Å². The maximum atomic E-state index is 15.5. The van der Waals surface area contributed by atoms with Crippen LogP contribution >= 0.6 is 11.3 Å². The molecule has 0 unspecified atom stereocenters. The number of ether oxygens (including phenoxy) is 1. The zero-order valence-electron chi connectivity index (χ0n) is 40.3. The first-order valence-electron chi connectivity index (χ1n) is 23.7. The fourth-order valence-corrected chi connectivity index (χ4v) is 11.5. The maximum absolute atomic E-state index is 15.5. The van der Waals surface area contributed by atoms with E-state index >= 15 is 4.39 Å².